The highest BCUT2D eigenvalue weighted by Gasteiger charge is 2.29. The third kappa shape index (κ3) is 11.8. The highest BCUT2D eigenvalue weighted by Crippen LogP contribution is 2.34. The average Bonchev–Trinajstić information content (AvgIpc) is 2.76. The van der Waals surface area contributed by atoms with Gasteiger partial charge in [0.15, 0.2) is 0 Å². The Kier molecular flexibility index (Phi) is 15.2. The predicted octanol–water partition coefficient (Wildman–Crippen LogP) is 10.1. The van der Waals surface area contributed by atoms with Crippen molar-refractivity contribution in [2.45, 2.75) is 142 Å². The summed E-state index contributed by atoms with van der Waals surface area (Å²) in [6.45, 7) is 15.2. The molecule has 0 unspecified atom stereocenters. The Hall–Kier alpha value is -0.960. The van der Waals surface area contributed by atoms with Crippen LogP contribution in [0, 0.1) is 0 Å². The van der Waals surface area contributed by atoms with Gasteiger partial charge < -0.3 is 5.32 Å². The van der Waals surface area contributed by atoms with Gasteiger partial charge in [-0.25, -0.2) is 0 Å². The molecule has 0 aromatic heterocycles. The molecule has 190 valence electrons. The van der Waals surface area contributed by atoms with Crippen molar-refractivity contribution in [2.24, 2.45) is 0 Å². The number of amides is 1. The topological polar surface area (TPSA) is 29.1 Å². The highest BCUT2D eigenvalue weighted by atomic mass is 32.2. The molecule has 2 nitrogen and oxygen atoms in total. The lowest BCUT2D eigenvalue weighted by molar-refractivity contribution is -0.117. The van der Waals surface area contributed by atoms with E-state index in [9.17, 15) is 4.79 Å². The second kappa shape index (κ2) is 16.6. The van der Waals surface area contributed by atoms with Crippen LogP contribution in [-0.4, -0.2) is 16.4 Å². The molecular weight excluding hydrogens is 422 g/mol. The first-order valence-corrected chi connectivity index (χ1v) is 14.8. The quantitative estimate of drug-likeness (QED) is 0.214. The first kappa shape index (κ1) is 30.1. The minimum Gasteiger partial charge on any atom is -0.324 e. The maximum absolute atomic E-state index is 13.2. The molecule has 0 saturated carbocycles. The number of thioether (sulfide) groups is 1. The van der Waals surface area contributed by atoms with Gasteiger partial charge in [-0.1, -0.05) is 123 Å². The summed E-state index contributed by atoms with van der Waals surface area (Å²) in [7, 11) is 0. The van der Waals surface area contributed by atoms with Crippen molar-refractivity contribution in [3.63, 3.8) is 0 Å². The molecule has 0 atom stereocenters. The summed E-state index contributed by atoms with van der Waals surface area (Å²) >= 11 is 1.80. The number of unbranched alkanes of at least 4 members (excludes halogenated alkanes) is 11. The van der Waals surface area contributed by atoms with E-state index in [-0.39, 0.29) is 5.91 Å². The number of nitrogens with one attached hydrogen (secondary N) is 1. The predicted molar refractivity (Wildman–Crippen MR) is 151 cm³/mol. The molecule has 0 heterocycles. The SMILES string of the molecule is CCCCCCCCCCCCCCSC(C)(C)C(=O)Nc1c(C(C)C)cccc1C(C)C. The van der Waals surface area contributed by atoms with E-state index >= 15 is 0 Å². The van der Waals surface area contributed by atoms with Gasteiger partial charge in [0.05, 0.1) is 4.75 Å². The molecule has 1 rings (SSSR count). The lowest BCUT2D eigenvalue weighted by Gasteiger charge is -2.26. The van der Waals surface area contributed by atoms with Gasteiger partial charge in [-0.05, 0) is 49.0 Å². The summed E-state index contributed by atoms with van der Waals surface area (Å²) in [6, 6.07) is 6.42. The Balaban J connectivity index is 2.33. The van der Waals surface area contributed by atoms with Crippen molar-refractivity contribution in [1.29, 1.82) is 0 Å². The molecule has 1 N–H and O–H groups in total. The molecule has 0 aliphatic carbocycles. The molecule has 0 bridgehead atoms. The molecule has 0 aliphatic rings. The van der Waals surface area contributed by atoms with E-state index in [1.807, 2.05) is 0 Å². The number of para-hydroxylation sites is 1. The Morgan fingerprint density at radius 3 is 1.64 bits per heavy atom. The van der Waals surface area contributed by atoms with Crippen LogP contribution in [0.4, 0.5) is 5.69 Å². The molecule has 33 heavy (non-hydrogen) atoms. The third-order valence-corrected chi connectivity index (χ3v) is 8.02. The monoisotopic (exact) mass is 475 g/mol. The summed E-state index contributed by atoms with van der Waals surface area (Å²) < 4.78 is -0.421. The van der Waals surface area contributed by atoms with Crippen LogP contribution in [0.2, 0.25) is 0 Å². The van der Waals surface area contributed by atoms with Gasteiger partial charge >= 0.3 is 0 Å². The number of benzene rings is 1. The van der Waals surface area contributed by atoms with Crippen molar-refractivity contribution in [2.75, 3.05) is 11.1 Å². The molecule has 0 radical (unpaired) electrons. The number of rotatable bonds is 18. The lowest BCUT2D eigenvalue weighted by atomic mass is 9.92. The molecular formula is C30H53NOS. The lowest BCUT2D eigenvalue weighted by Crippen LogP contribution is -2.35. The van der Waals surface area contributed by atoms with Gasteiger partial charge in [0.25, 0.3) is 0 Å². The van der Waals surface area contributed by atoms with E-state index in [4.69, 9.17) is 0 Å². The number of hydrogen-bond donors (Lipinski definition) is 1. The van der Waals surface area contributed by atoms with Crippen LogP contribution in [0.25, 0.3) is 0 Å². The van der Waals surface area contributed by atoms with Crippen LogP contribution in [0.1, 0.15) is 148 Å². The Morgan fingerprint density at radius 2 is 1.21 bits per heavy atom. The Bertz CT molecular complexity index is 639. The molecule has 0 fully saturated rings. The van der Waals surface area contributed by atoms with Gasteiger partial charge in [-0.3, -0.25) is 4.79 Å². The Labute approximate surface area is 210 Å². The molecule has 0 spiro atoms. The summed E-state index contributed by atoms with van der Waals surface area (Å²) in [5.74, 6) is 1.95. The molecule has 1 aromatic carbocycles. The van der Waals surface area contributed by atoms with E-state index in [1.54, 1.807) is 11.8 Å². The zero-order valence-corrected chi connectivity index (χ0v) is 23.7. The molecule has 1 aromatic rings. The van der Waals surface area contributed by atoms with Crippen molar-refractivity contribution >= 4 is 23.4 Å². The van der Waals surface area contributed by atoms with E-state index in [0.29, 0.717) is 11.8 Å². The maximum Gasteiger partial charge on any atom is 0.240 e. The van der Waals surface area contributed by atoms with E-state index < -0.39 is 4.75 Å². The second-order valence-electron chi connectivity index (χ2n) is 10.8. The summed E-state index contributed by atoms with van der Waals surface area (Å²) in [5.41, 5.74) is 3.50. The zero-order chi connectivity index (χ0) is 24.7. The second-order valence-corrected chi connectivity index (χ2v) is 12.5. The number of carbonyl (C=O) groups excluding carboxylic acids is 1. The normalized spacial score (nSPS) is 12.0. The highest BCUT2D eigenvalue weighted by molar-refractivity contribution is 8.01. The van der Waals surface area contributed by atoms with Crippen LogP contribution in [0.15, 0.2) is 18.2 Å². The first-order chi connectivity index (χ1) is 15.7. The van der Waals surface area contributed by atoms with Crippen LogP contribution in [0.3, 0.4) is 0 Å². The Morgan fingerprint density at radius 1 is 0.788 bits per heavy atom. The fourth-order valence-electron chi connectivity index (χ4n) is 4.30. The van der Waals surface area contributed by atoms with Crippen LogP contribution < -0.4 is 5.32 Å². The fraction of sp³-hybridized carbons (Fsp3) is 0.767. The first-order valence-electron chi connectivity index (χ1n) is 13.8. The van der Waals surface area contributed by atoms with E-state index in [1.165, 1.54) is 88.2 Å². The van der Waals surface area contributed by atoms with Crippen molar-refractivity contribution < 1.29 is 4.79 Å². The minimum atomic E-state index is -0.421. The van der Waals surface area contributed by atoms with E-state index in [0.717, 1.165) is 11.4 Å². The van der Waals surface area contributed by atoms with Gasteiger partial charge in [0, 0.05) is 5.69 Å². The van der Waals surface area contributed by atoms with Crippen molar-refractivity contribution in [3.8, 4) is 0 Å². The standard InChI is InChI=1S/C30H53NOS/c1-8-9-10-11-12-13-14-15-16-17-18-19-23-33-30(6,7)29(32)31-28-26(24(2)3)21-20-22-27(28)25(4)5/h20-22,24-25H,8-19,23H2,1-7H3,(H,31,32). The zero-order valence-electron chi connectivity index (χ0n) is 22.9. The number of anilines is 1. The summed E-state index contributed by atoms with van der Waals surface area (Å²) in [6.07, 6.45) is 16.4. The van der Waals surface area contributed by atoms with E-state index in [2.05, 4.69) is 72.0 Å². The molecule has 0 saturated heterocycles. The molecule has 0 aliphatic heterocycles. The smallest absolute Gasteiger partial charge is 0.240 e. The number of hydrogen-bond acceptors (Lipinski definition) is 2. The van der Waals surface area contributed by atoms with Gasteiger partial charge in [0.2, 0.25) is 5.91 Å². The number of carbonyl (C=O) groups is 1. The van der Waals surface area contributed by atoms with Crippen LogP contribution in [-0.2, 0) is 4.79 Å². The van der Waals surface area contributed by atoms with Crippen LogP contribution in [0.5, 0.6) is 0 Å². The van der Waals surface area contributed by atoms with Crippen molar-refractivity contribution in [1.82, 2.24) is 0 Å². The fourth-order valence-corrected chi connectivity index (χ4v) is 5.34. The van der Waals surface area contributed by atoms with Gasteiger partial charge in [-0.15, -0.1) is 11.8 Å². The molecule has 1 amide bonds. The van der Waals surface area contributed by atoms with Gasteiger partial charge in [0.1, 0.15) is 0 Å². The van der Waals surface area contributed by atoms with Gasteiger partial charge in [-0.2, -0.15) is 0 Å². The van der Waals surface area contributed by atoms with Crippen molar-refractivity contribution in [3.05, 3.63) is 29.3 Å². The van der Waals surface area contributed by atoms with Crippen LogP contribution >= 0.6 is 11.8 Å². The maximum atomic E-state index is 13.2. The minimum absolute atomic E-state index is 0.126. The average molecular weight is 476 g/mol. The third-order valence-electron chi connectivity index (χ3n) is 6.62. The largest absolute Gasteiger partial charge is 0.324 e. The molecule has 3 heteroatoms. The summed E-state index contributed by atoms with van der Waals surface area (Å²) in [4.78, 5) is 13.2. The summed E-state index contributed by atoms with van der Waals surface area (Å²) in [5, 5.41) is 3.32.